The van der Waals surface area contributed by atoms with Gasteiger partial charge in [0, 0.05) is 11.4 Å². The van der Waals surface area contributed by atoms with Gasteiger partial charge in [-0.15, -0.1) is 11.3 Å². The van der Waals surface area contributed by atoms with E-state index in [1.807, 2.05) is 18.2 Å². The number of hydrogen-bond donors (Lipinski definition) is 2. The van der Waals surface area contributed by atoms with Crippen molar-refractivity contribution in [2.45, 2.75) is 49.6 Å². The van der Waals surface area contributed by atoms with Crippen LogP contribution in [0.3, 0.4) is 0 Å². The Balaban J connectivity index is 1.53. The van der Waals surface area contributed by atoms with Gasteiger partial charge in [0.05, 0.1) is 11.1 Å². The molecule has 0 saturated carbocycles. The number of anilines is 2. The number of hydrogen-bond acceptors (Lipinski definition) is 9. The molecule has 0 unspecified atom stereocenters. The van der Waals surface area contributed by atoms with Gasteiger partial charge in [0.2, 0.25) is 11.9 Å². The summed E-state index contributed by atoms with van der Waals surface area (Å²) in [6.45, 7) is 0.556. The number of thiophene rings is 1. The van der Waals surface area contributed by atoms with Gasteiger partial charge in [-0.05, 0) is 43.2 Å². The summed E-state index contributed by atoms with van der Waals surface area (Å²) in [6.07, 6.45) is 5.04. The summed E-state index contributed by atoms with van der Waals surface area (Å²) in [7, 11) is 0. The van der Waals surface area contributed by atoms with Gasteiger partial charge in [-0.1, -0.05) is 42.1 Å². The Hall–Kier alpha value is -2.98. The van der Waals surface area contributed by atoms with Gasteiger partial charge in [0.25, 0.3) is 5.56 Å². The van der Waals surface area contributed by atoms with E-state index in [-0.39, 0.29) is 17.5 Å². The number of nitrogens with zero attached hydrogens (tertiary/aromatic N) is 5. The van der Waals surface area contributed by atoms with E-state index in [1.54, 1.807) is 15.9 Å². The molecule has 0 saturated heterocycles. The number of aromatic nitrogens is 5. The Kier molecular flexibility index (Phi) is 5.79. The largest absolute Gasteiger partial charge is 0.368 e. The second kappa shape index (κ2) is 8.87. The first-order valence-electron chi connectivity index (χ1n) is 10.6. The van der Waals surface area contributed by atoms with Crippen molar-refractivity contribution < 1.29 is 0 Å². The molecule has 0 bridgehead atoms. The van der Waals surface area contributed by atoms with E-state index >= 15 is 0 Å². The number of thioether (sulfide) groups is 1. The molecule has 4 aromatic rings. The van der Waals surface area contributed by atoms with E-state index in [9.17, 15) is 4.79 Å². The van der Waals surface area contributed by atoms with E-state index in [2.05, 4.69) is 27.1 Å². The number of rotatable bonds is 6. The van der Waals surface area contributed by atoms with E-state index in [0.717, 1.165) is 35.9 Å². The summed E-state index contributed by atoms with van der Waals surface area (Å²) in [5.41, 5.74) is 13.8. The van der Waals surface area contributed by atoms with Crippen molar-refractivity contribution in [1.29, 1.82) is 0 Å². The van der Waals surface area contributed by atoms with Crippen molar-refractivity contribution >= 4 is 45.2 Å². The summed E-state index contributed by atoms with van der Waals surface area (Å²) in [6, 6.07) is 10.2. The molecular weight excluding hydrogens is 442 g/mol. The highest BCUT2D eigenvalue weighted by molar-refractivity contribution is 7.98. The molecule has 1 aromatic carbocycles. The molecule has 3 aromatic heterocycles. The minimum absolute atomic E-state index is 0.0440. The fourth-order valence-corrected chi connectivity index (χ4v) is 6.25. The summed E-state index contributed by atoms with van der Waals surface area (Å²) in [5, 5.41) is 1.46. The lowest BCUT2D eigenvalue weighted by molar-refractivity contribution is 0.595. The fraction of sp³-hybridized carbons (Fsp3) is 0.318. The second-order valence-electron chi connectivity index (χ2n) is 7.73. The predicted molar refractivity (Wildman–Crippen MR) is 129 cm³/mol. The van der Waals surface area contributed by atoms with Crippen molar-refractivity contribution in [2.75, 3.05) is 11.5 Å². The number of nitrogen functional groups attached to an aromatic ring is 2. The van der Waals surface area contributed by atoms with Crippen LogP contribution in [0.15, 0.2) is 40.3 Å². The SMILES string of the molecule is Nc1nc(N)nc(CSc2nc3sc4c(c3c(=O)n2CCc2ccccc2)CCCC4)n1. The highest BCUT2D eigenvalue weighted by Gasteiger charge is 2.22. The number of nitrogens with two attached hydrogens (primary N) is 2. The zero-order chi connectivity index (χ0) is 22.1. The Morgan fingerprint density at radius 2 is 1.75 bits per heavy atom. The van der Waals surface area contributed by atoms with Crippen LogP contribution in [-0.2, 0) is 31.6 Å². The molecule has 10 heteroatoms. The first kappa shape index (κ1) is 20.9. The van der Waals surface area contributed by atoms with Gasteiger partial charge in [-0.3, -0.25) is 9.36 Å². The predicted octanol–water partition coefficient (Wildman–Crippen LogP) is 3.22. The minimum atomic E-state index is 0.0440. The lowest BCUT2D eigenvalue weighted by Crippen LogP contribution is -2.25. The van der Waals surface area contributed by atoms with Crippen LogP contribution >= 0.6 is 23.1 Å². The van der Waals surface area contributed by atoms with Gasteiger partial charge in [-0.25, -0.2) is 4.98 Å². The van der Waals surface area contributed by atoms with Crippen molar-refractivity contribution in [2.24, 2.45) is 0 Å². The Morgan fingerprint density at radius 3 is 2.53 bits per heavy atom. The third-order valence-corrected chi connectivity index (χ3v) is 7.71. The molecule has 1 aliphatic rings. The topological polar surface area (TPSA) is 126 Å². The first-order valence-corrected chi connectivity index (χ1v) is 12.4. The van der Waals surface area contributed by atoms with Gasteiger partial charge in [0.1, 0.15) is 10.7 Å². The molecule has 1 aliphatic carbocycles. The second-order valence-corrected chi connectivity index (χ2v) is 9.76. The Morgan fingerprint density at radius 1 is 1.00 bits per heavy atom. The molecule has 0 fully saturated rings. The summed E-state index contributed by atoms with van der Waals surface area (Å²) in [5.74, 6) is 1.04. The van der Waals surface area contributed by atoms with Gasteiger partial charge >= 0.3 is 0 Å². The molecular formula is C22H23N7OS2. The van der Waals surface area contributed by atoms with Crippen LogP contribution in [0.25, 0.3) is 10.2 Å². The van der Waals surface area contributed by atoms with Crippen molar-refractivity contribution in [3.8, 4) is 0 Å². The normalized spacial score (nSPS) is 13.4. The molecule has 0 amide bonds. The zero-order valence-electron chi connectivity index (χ0n) is 17.5. The standard InChI is InChI=1S/C22H23N7OS2/c23-20-25-16(26-21(24)28-20)12-31-22-27-18-17(14-8-4-5-9-15(14)32-18)19(30)29(22)11-10-13-6-2-1-3-7-13/h1-3,6-7H,4-5,8-12H2,(H4,23,24,25,26,28). The Labute approximate surface area is 193 Å². The zero-order valence-corrected chi connectivity index (χ0v) is 19.1. The monoisotopic (exact) mass is 465 g/mol. The maximum absolute atomic E-state index is 13.7. The van der Waals surface area contributed by atoms with E-state index in [1.165, 1.54) is 34.2 Å². The number of benzene rings is 1. The minimum Gasteiger partial charge on any atom is -0.368 e. The van der Waals surface area contributed by atoms with E-state index in [0.29, 0.717) is 23.3 Å². The molecule has 5 rings (SSSR count). The molecule has 0 atom stereocenters. The molecule has 8 nitrogen and oxygen atoms in total. The van der Waals surface area contributed by atoms with Crippen molar-refractivity contribution in [3.63, 3.8) is 0 Å². The lowest BCUT2D eigenvalue weighted by atomic mass is 9.97. The third kappa shape index (κ3) is 4.20. The molecule has 0 radical (unpaired) electrons. The van der Waals surface area contributed by atoms with Crippen LogP contribution in [0.2, 0.25) is 0 Å². The van der Waals surface area contributed by atoms with Crippen molar-refractivity contribution in [3.05, 3.63) is 62.5 Å². The van der Waals surface area contributed by atoms with Crippen LogP contribution in [0.1, 0.15) is 34.7 Å². The highest BCUT2D eigenvalue weighted by Crippen LogP contribution is 2.35. The first-order chi connectivity index (χ1) is 15.6. The molecule has 32 heavy (non-hydrogen) atoms. The maximum Gasteiger partial charge on any atom is 0.263 e. The van der Waals surface area contributed by atoms with E-state index < -0.39 is 0 Å². The molecule has 164 valence electrons. The molecule has 4 N–H and O–H groups in total. The summed E-state index contributed by atoms with van der Waals surface area (Å²) in [4.78, 5) is 32.8. The van der Waals surface area contributed by atoms with Crippen LogP contribution in [-0.4, -0.2) is 24.5 Å². The number of aryl methyl sites for hydroxylation is 3. The maximum atomic E-state index is 13.7. The lowest BCUT2D eigenvalue weighted by Gasteiger charge is -2.13. The smallest absolute Gasteiger partial charge is 0.263 e. The average molecular weight is 466 g/mol. The average Bonchev–Trinajstić information content (AvgIpc) is 3.16. The van der Waals surface area contributed by atoms with Crippen LogP contribution in [0, 0.1) is 0 Å². The molecule has 0 spiro atoms. The fourth-order valence-electron chi connectivity index (χ4n) is 4.06. The van der Waals surface area contributed by atoms with Crippen LogP contribution in [0.5, 0.6) is 0 Å². The van der Waals surface area contributed by atoms with Crippen LogP contribution in [0.4, 0.5) is 11.9 Å². The van der Waals surface area contributed by atoms with E-state index in [4.69, 9.17) is 16.5 Å². The third-order valence-electron chi connectivity index (χ3n) is 5.55. The summed E-state index contributed by atoms with van der Waals surface area (Å²) >= 11 is 3.08. The van der Waals surface area contributed by atoms with Gasteiger partial charge in [-0.2, -0.15) is 15.0 Å². The quantitative estimate of drug-likeness (QED) is 0.328. The van der Waals surface area contributed by atoms with Crippen LogP contribution < -0.4 is 17.0 Å². The van der Waals surface area contributed by atoms with Gasteiger partial charge < -0.3 is 11.5 Å². The highest BCUT2D eigenvalue weighted by atomic mass is 32.2. The Bertz CT molecular complexity index is 1310. The number of fused-ring (bicyclic) bond motifs is 3. The summed E-state index contributed by atoms with van der Waals surface area (Å²) < 4.78 is 1.80. The van der Waals surface area contributed by atoms with Gasteiger partial charge in [0.15, 0.2) is 5.16 Å². The molecule has 3 heterocycles. The van der Waals surface area contributed by atoms with Crippen molar-refractivity contribution in [1.82, 2.24) is 24.5 Å². The molecule has 0 aliphatic heterocycles.